The summed E-state index contributed by atoms with van der Waals surface area (Å²) in [5.74, 6) is -0.134. The molecule has 0 saturated carbocycles. The summed E-state index contributed by atoms with van der Waals surface area (Å²) < 4.78 is 1.68. The summed E-state index contributed by atoms with van der Waals surface area (Å²) in [6.45, 7) is 2.65. The number of aryl methyl sites for hydroxylation is 3. The van der Waals surface area contributed by atoms with Crippen LogP contribution in [0.25, 0.3) is 0 Å². The largest absolute Gasteiger partial charge is 0.296 e. The van der Waals surface area contributed by atoms with E-state index < -0.39 is 0 Å². The van der Waals surface area contributed by atoms with E-state index in [1.165, 1.54) is 17.7 Å². The zero-order chi connectivity index (χ0) is 13.2. The first-order valence-electron chi connectivity index (χ1n) is 6.59. The molecule has 0 fully saturated rings. The fraction of sp³-hybridized carbons (Fsp3) is 0.462. The minimum absolute atomic E-state index is 0.134. The molecular weight excluding hydrogens is 260 g/mol. The Morgan fingerprint density at radius 1 is 1.47 bits per heavy atom. The predicted molar refractivity (Wildman–Crippen MR) is 74.6 cm³/mol. The van der Waals surface area contributed by atoms with Crippen LogP contribution >= 0.6 is 11.3 Å². The SMILES string of the molecule is CCn1nccc1C(=O)Nc1nc2c(s1)CCCC2. The second kappa shape index (κ2) is 5.13. The van der Waals surface area contributed by atoms with Crippen molar-refractivity contribution < 1.29 is 4.79 Å². The van der Waals surface area contributed by atoms with Crippen LogP contribution in [0.4, 0.5) is 5.13 Å². The van der Waals surface area contributed by atoms with Gasteiger partial charge in [0.1, 0.15) is 5.69 Å². The lowest BCUT2D eigenvalue weighted by atomic mass is 10.0. The van der Waals surface area contributed by atoms with Gasteiger partial charge >= 0.3 is 0 Å². The lowest BCUT2D eigenvalue weighted by Crippen LogP contribution is -2.17. The Morgan fingerprint density at radius 3 is 3.11 bits per heavy atom. The molecule has 0 unspecified atom stereocenters. The number of rotatable bonds is 3. The molecule has 19 heavy (non-hydrogen) atoms. The van der Waals surface area contributed by atoms with E-state index in [4.69, 9.17) is 0 Å². The molecule has 0 atom stereocenters. The Morgan fingerprint density at radius 2 is 2.32 bits per heavy atom. The molecule has 0 saturated heterocycles. The van der Waals surface area contributed by atoms with E-state index >= 15 is 0 Å². The van der Waals surface area contributed by atoms with Gasteiger partial charge in [-0.25, -0.2) is 4.98 Å². The van der Waals surface area contributed by atoms with Gasteiger partial charge in [0.05, 0.1) is 5.69 Å². The Bertz CT molecular complexity index is 578. The zero-order valence-electron chi connectivity index (χ0n) is 10.8. The standard InChI is InChI=1S/C13H16N4OS/c1-2-17-10(7-8-14-17)12(18)16-13-15-9-5-3-4-6-11(9)19-13/h7-8H,2-6H2,1H3,(H,15,16,18). The van der Waals surface area contributed by atoms with E-state index in [0.717, 1.165) is 18.5 Å². The first-order chi connectivity index (χ1) is 9.28. The third-order valence-electron chi connectivity index (χ3n) is 3.31. The summed E-state index contributed by atoms with van der Waals surface area (Å²) >= 11 is 1.60. The summed E-state index contributed by atoms with van der Waals surface area (Å²) in [6.07, 6.45) is 6.20. The number of amides is 1. The highest BCUT2D eigenvalue weighted by atomic mass is 32.1. The van der Waals surface area contributed by atoms with E-state index in [2.05, 4.69) is 15.4 Å². The lowest BCUT2D eigenvalue weighted by molar-refractivity contribution is 0.101. The quantitative estimate of drug-likeness (QED) is 0.937. The van der Waals surface area contributed by atoms with Gasteiger partial charge in [0.25, 0.3) is 5.91 Å². The van der Waals surface area contributed by atoms with Crippen LogP contribution < -0.4 is 5.32 Å². The van der Waals surface area contributed by atoms with Crippen LogP contribution in [0.2, 0.25) is 0 Å². The number of thiazole rings is 1. The molecule has 0 aromatic carbocycles. The molecule has 5 nitrogen and oxygen atoms in total. The van der Waals surface area contributed by atoms with E-state index in [0.29, 0.717) is 17.4 Å². The number of aromatic nitrogens is 3. The van der Waals surface area contributed by atoms with Crippen LogP contribution in [0.5, 0.6) is 0 Å². The van der Waals surface area contributed by atoms with Crippen molar-refractivity contribution in [1.29, 1.82) is 0 Å². The number of anilines is 1. The molecule has 1 aliphatic carbocycles. The van der Waals surface area contributed by atoms with Crippen LogP contribution in [-0.4, -0.2) is 20.7 Å². The summed E-state index contributed by atoms with van der Waals surface area (Å²) in [7, 11) is 0. The molecule has 2 heterocycles. The van der Waals surface area contributed by atoms with Crippen LogP contribution in [0.3, 0.4) is 0 Å². The van der Waals surface area contributed by atoms with Crippen molar-refractivity contribution in [3.05, 3.63) is 28.5 Å². The Hall–Kier alpha value is -1.69. The third-order valence-corrected chi connectivity index (χ3v) is 4.39. The van der Waals surface area contributed by atoms with Crippen LogP contribution in [-0.2, 0) is 19.4 Å². The summed E-state index contributed by atoms with van der Waals surface area (Å²) in [4.78, 5) is 18.0. The molecule has 100 valence electrons. The van der Waals surface area contributed by atoms with Gasteiger partial charge in [-0.2, -0.15) is 5.10 Å². The smallest absolute Gasteiger partial charge is 0.275 e. The highest BCUT2D eigenvalue weighted by Gasteiger charge is 2.18. The molecule has 6 heteroatoms. The van der Waals surface area contributed by atoms with Gasteiger partial charge in [0.15, 0.2) is 5.13 Å². The highest BCUT2D eigenvalue weighted by molar-refractivity contribution is 7.15. The minimum atomic E-state index is -0.134. The molecule has 0 radical (unpaired) electrons. The summed E-state index contributed by atoms with van der Waals surface area (Å²) in [5, 5.41) is 7.69. The fourth-order valence-corrected chi connectivity index (χ4v) is 3.39. The van der Waals surface area contributed by atoms with Gasteiger partial charge in [0.2, 0.25) is 0 Å². The van der Waals surface area contributed by atoms with Crippen molar-refractivity contribution in [2.24, 2.45) is 0 Å². The van der Waals surface area contributed by atoms with Gasteiger partial charge in [-0.15, -0.1) is 11.3 Å². The normalized spacial score (nSPS) is 14.2. The highest BCUT2D eigenvalue weighted by Crippen LogP contribution is 2.29. The van der Waals surface area contributed by atoms with Crippen LogP contribution in [0.1, 0.15) is 40.8 Å². The first kappa shape index (κ1) is 12.3. The molecular formula is C13H16N4OS. The van der Waals surface area contributed by atoms with Gasteiger partial charge in [-0.1, -0.05) is 0 Å². The minimum Gasteiger partial charge on any atom is -0.296 e. The lowest BCUT2D eigenvalue weighted by Gasteiger charge is -2.06. The molecule has 1 aliphatic rings. The van der Waals surface area contributed by atoms with E-state index in [9.17, 15) is 4.79 Å². The second-order valence-corrected chi connectivity index (χ2v) is 5.67. The summed E-state index contributed by atoms with van der Waals surface area (Å²) in [6, 6.07) is 1.73. The molecule has 0 aliphatic heterocycles. The maximum atomic E-state index is 12.2. The maximum Gasteiger partial charge on any atom is 0.275 e. The third kappa shape index (κ3) is 2.40. The second-order valence-electron chi connectivity index (χ2n) is 4.58. The number of carbonyl (C=O) groups is 1. The Balaban J connectivity index is 1.78. The Kier molecular flexibility index (Phi) is 3.33. The fourth-order valence-electron chi connectivity index (χ4n) is 2.34. The number of hydrogen-bond acceptors (Lipinski definition) is 4. The van der Waals surface area contributed by atoms with Crippen molar-refractivity contribution >= 4 is 22.4 Å². The number of nitrogens with one attached hydrogen (secondary N) is 1. The van der Waals surface area contributed by atoms with E-state index in [-0.39, 0.29) is 5.91 Å². The first-order valence-corrected chi connectivity index (χ1v) is 7.41. The van der Waals surface area contributed by atoms with Gasteiger partial charge in [-0.05, 0) is 38.7 Å². The summed E-state index contributed by atoms with van der Waals surface area (Å²) in [5.41, 5.74) is 1.74. The maximum absolute atomic E-state index is 12.2. The van der Waals surface area contributed by atoms with E-state index in [1.807, 2.05) is 6.92 Å². The van der Waals surface area contributed by atoms with Gasteiger partial charge in [0, 0.05) is 17.6 Å². The van der Waals surface area contributed by atoms with Crippen molar-refractivity contribution in [2.75, 3.05) is 5.32 Å². The van der Waals surface area contributed by atoms with Crippen molar-refractivity contribution in [1.82, 2.24) is 14.8 Å². The Labute approximate surface area is 115 Å². The zero-order valence-corrected chi connectivity index (χ0v) is 11.7. The topological polar surface area (TPSA) is 59.8 Å². The number of hydrogen-bond donors (Lipinski definition) is 1. The van der Waals surface area contributed by atoms with Crippen molar-refractivity contribution in [3.8, 4) is 0 Å². The van der Waals surface area contributed by atoms with E-state index in [1.54, 1.807) is 28.3 Å². The molecule has 2 aromatic heterocycles. The van der Waals surface area contributed by atoms with Gasteiger partial charge in [-0.3, -0.25) is 14.8 Å². The molecule has 1 amide bonds. The average Bonchev–Trinajstić information content (AvgIpc) is 3.03. The molecule has 0 bridgehead atoms. The molecule has 1 N–H and O–H groups in total. The number of nitrogens with zero attached hydrogens (tertiary/aromatic N) is 3. The number of fused-ring (bicyclic) bond motifs is 1. The van der Waals surface area contributed by atoms with Gasteiger partial charge < -0.3 is 0 Å². The molecule has 3 rings (SSSR count). The van der Waals surface area contributed by atoms with Crippen molar-refractivity contribution in [3.63, 3.8) is 0 Å². The number of carbonyl (C=O) groups excluding carboxylic acids is 1. The predicted octanol–water partition coefficient (Wildman–Crippen LogP) is 2.49. The van der Waals surface area contributed by atoms with Crippen LogP contribution in [0.15, 0.2) is 12.3 Å². The van der Waals surface area contributed by atoms with Crippen molar-refractivity contribution in [2.45, 2.75) is 39.2 Å². The van der Waals surface area contributed by atoms with Crippen LogP contribution in [0, 0.1) is 0 Å². The molecule has 0 spiro atoms. The average molecular weight is 276 g/mol. The monoisotopic (exact) mass is 276 g/mol. The molecule has 2 aromatic rings.